The standard InChI is InChI=1S/C26H30N4O4S2/c1-6-7-12-30-23(28-11-10-17-8-9-20(33-4)21(13-17)34-5)18(16(2)19(15-27)24(30)31)14-22-25(32)29(3)26(35)36-22/h8-9,13-14,28H,6-7,10-12H2,1-5H3/b22-14+. The monoisotopic (exact) mass is 526 g/mol. The second-order valence-electron chi connectivity index (χ2n) is 8.29. The summed E-state index contributed by atoms with van der Waals surface area (Å²) in [6.45, 7) is 4.75. The number of methoxy groups -OCH3 is 2. The topological polar surface area (TPSA) is 96.6 Å². The molecular formula is C26H30N4O4S2. The number of thioether (sulfide) groups is 1. The second kappa shape index (κ2) is 12.1. The number of unbranched alkanes of at least 4 members (excludes halogenated alkanes) is 1. The minimum Gasteiger partial charge on any atom is -0.493 e. The molecule has 0 aliphatic carbocycles. The summed E-state index contributed by atoms with van der Waals surface area (Å²) in [5.41, 5.74) is 1.95. The van der Waals surface area contributed by atoms with Crippen LogP contribution in [0.5, 0.6) is 11.5 Å². The molecule has 1 amide bonds. The number of rotatable bonds is 10. The lowest BCUT2D eigenvalue weighted by molar-refractivity contribution is -0.121. The highest BCUT2D eigenvalue weighted by atomic mass is 32.2. The minimum atomic E-state index is -0.336. The van der Waals surface area contributed by atoms with Crippen LogP contribution in [0, 0.1) is 18.3 Å². The number of hydrogen-bond acceptors (Lipinski definition) is 8. The van der Waals surface area contributed by atoms with E-state index in [0.717, 1.165) is 18.4 Å². The van der Waals surface area contributed by atoms with E-state index in [0.29, 0.717) is 57.2 Å². The maximum Gasteiger partial charge on any atom is 0.270 e. The molecule has 2 heterocycles. The van der Waals surface area contributed by atoms with Gasteiger partial charge in [-0.3, -0.25) is 19.1 Å². The summed E-state index contributed by atoms with van der Waals surface area (Å²) in [7, 11) is 4.82. The fourth-order valence-corrected chi connectivity index (χ4v) is 5.08. The maximum absolute atomic E-state index is 13.2. The van der Waals surface area contributed by atoms with Gasteiger partial charge in [-0.2, -0.15) is 5.26 Å². The van der Waals surface area contributed by atoms with Crippen molar-refractivity contribution in [1.29, 1.82) is 5.26 Å². The van der Waals surface area contributed by atoms with Gasteiger partial charge in [0.1, 0.15) is 21.8 Å². The number of benzene rings is 1. The number of pyridine rings is 1. The van der Waals surface area contributed by atoms with E-state index in [-0.39, 0.29) is 17.0 Å². The lowest BCUT2D eigenvalue weighted by atomic mass is 10.0. The second-order valence-corrected chi connectivity index (χ2v) is 9.97. The van der Waals surface area contributed by atoms with Crippen molar-refractivity contribution in [3.05, 3.63) is 55.7 Å². The molecule has 3 rings (SSSR count). The maximum atomic E-state index is 13.2. The lowest BCUT2D eigenvalue weighted by Gasteiger charge is -2.20. The van der Waals surface area contributed by atoms with Crippen LogP contribution >= 0.6 is 24.0 Å². The highest BCUT2D eigenvalue weighted by Crippen LogP contribution is 2.34. The Morgan fingerprint density at radius 1 is 1.22 bits per heavy atom. The Morgan fingerprint density at radius 3 is 2.53 bits per heavy atom. The quantitative estimate of drug-likeness (QED) is 0.361. The molecule has 1 saturated heterocycles. The number of carbonyl (C=O) groups excluding carboxylic acids is 1. The van der Waals surface area contributed by atoms with Gasteiger partial charge in [-0.05, 0) is 49.1 Å². The Hall–Kier alpha value is -3.29. The van der Waals surface area contributed by atoms with E-state index in [1.807, 2.05) is 25.1 Å². The van der Waals surface area contributed by atoms with Crippen LogP contribution in [0.3, 0.4) is 0 Å². The van der Waals surface area contributed by atoms with Gasteiger partial charge in [-0.1, -0.05) is 43.4 Å². The van der Waals surface area contributed by atoms with E-state index >= 15 is 0 Å². The van der Waals surface area contributed by atoms with E-state index in [9.17, 15) is 14.9 Å². The molecule has 0 unspecified atom stereocenters. The fraction of sp³-hybridized carbons (Fsp3) is 0.385. The molecule has 1 fully saturated rings. The molecule has 1 aromatic carbocycles. The predicted molar refractivity (Wildman–Crippen MR) is 148 cm³/mol. The van der Waals surface area contributed by atoms with Gasteiger partial charge in [0.25, 0.3) is 11.5 Å². The Labute approximate surface area is 220 Å². The van der Waals surface area contributed by atoms with Gasteiger partial charge in [0.05, 0.1) is 19.1 Å². The van der Waals surface area contributed by atoms with Crippen molar-refractivity contribution in [3.8, 4) is 17.6 Å². The Balaban J connectivity index is 2.05. The van der Waals surface area contributed by atoms with E-state index in [1.165, 1.54) is 16.7 Å². The van der Waals surface area contributed by atoms with E-state index in [4.69, 9.17) is 21.7 Å². The summed E-state index contributed by atoms with van der Waals surface area (Å²) >= 11 is 6.49. The van der Waals surface area contributed by atoms with Crippen molar-refractivity contribution < 1.29 is 14.3 Å². The third kappa shape index (κ3) is 5.58. The van der Waals surface area contributed by atoms with Gasteiger partial charge >= 0.3 is 0 Å². The van der Waals surface area contributed by atoms with E-state index < -0.39 is 0 Å². The highest BCUT2D eigenvalue weighted by Gasteiger charge is 2.30. The number of nitrogens with zero attached hydrogens (tertiary/aromatic N) is 3. The number of likely N-dealkylation sites (N-methyl/N-ethyl adjacent to an activating group) is 1. The summed E-state index contributed by atoms with van der Waals surface area (Å²) in [5, 5.41) is 13.2. The number of carbonyl (C=O) groups is 1. The molecule has 0 atom stereocenters. The molecule has 1 aromatic heterocycles. The number of anilines is 1. The molecule has 2 aromatic rings. The molecule has 0 bridgehead atoms. The van der Waals surface area contributed by atoms with E-state index in [2.05, 4.69) is 11.4 Å². The highest BCUT2D eigenvalue weighted by molar-refractivity contribution is 8.26. The zero-order chi connectivity index (χ0) is 26.4. The third-order valence-corrected chi connectivity index (χ3v) is 7.51. The molecule has 1 N–H and O–H groups in total. The number of nitriles is 1. The van der Waals surface area contributed by atoms with Gasteiger partial charge in [0, 0.05) is 25.7 Å². The van der Waals surface area contributed by atoms with Crippen LogP contribution in [0.2, 0.25) is 0 Å². The lowest BCUT2D eigenvalue weighted by Crippen LogP contribution is -2.29. The number of aromatic nitrogens is 1. The molecule has 1 aliphatic rings. The van der Waals surface area contributed by atoms with Gasteiger partial charge in [-0.15, -0.1) is 0 Å². The van der Waals surface area contributed by atoms with Gasteiger partial charge in [-0.25, -0.2) is 0 Å². The first kappa shape index (κ1) is 27.3. The minimum absolute atomic E-state index is 0.0785. The first-order valence-corrected chi connectivity index (χ1v) is 12.8. The summed E-state index contributed by atoms with van der Waals surface area (Å²) < 4.78 is 12.8. The molecule has 0 saturated carbocycles. The average Bonchev–Trinajstić information content (AvgIpc) is 3.12. The number of amides is 1. The van der Waals surface area contributed by atoms with Crippen molar-refractivity contribution >= 4 is 46.1 Å². The Bertz CT molecular complexity index is 1310. The van der Waals surface area contributed by atoms with Crippen LogP contribution in [0.1, 0.15) is 42.0 Å². The van der Waals surface area contributed by atoms with Gasteiger partial charge in [0.15, 0.2) is 11.5 Å². The molecule has 0 spiro atoms. The largest absolute Gasteiger partial charge is 0.493 e. The van der Waals surface area contributed by atoms with Crippen molar-refractivity contribution in [2.75, 3.05) is 33.1 Å². The van der Waals surface area contributed by atoms with Gasteiger partial charge in [0.2, 0.25) is 0 Å². The summed E-state index contributed by atoms with van der Waals surface area (Å²) in [6, 6.07) is 7.80. The third-order valence-electron chi connectivity index (χ3n) is 6.03. The van der Waals surface area contributed by atoms with Crippen LogP contribution in [-0.4, -0.2) is 47.5 Å². The molecule has 190 valence electrons. The fourth-order valence-electron chi connectivity index (χ4n) is 3.92. The van der Waals surface area contributed by atoms with Crippen LogP contribution < -0.4 is 20.3 Å². The van der Waals surface area contributed by atoms with Crippen molar-refractivity contribution in [2.45, 2.75) is 39.7 Å². The SMILES string of the molecule is CCCCn1c(NCCc2ccc(OC)c(OC)c2)c(/C=C2/SC(=S)N(C)C2=O)c(C)c(C#N)c1=O. The number of hydrogen-bond donors (Lipinski definition) is 1. The molecule has 8 nitrogen and oxygen atoms in total. The molecular weight excluding hydrogens is 496 g/mol. The summed E-state index contributed by atoms with van der Waals surface area (Å²) in [6.07, 6.45) is 4.04. The number of ether oxygens (including phenoxy) is 2. The normalized spacial score (nSPS) is 14.3. The van der Waals surface area contributed by atoms with Crippen molar-refractivity contribution in [2.24, 2.45) is 0 Å². The first-order valence-electron chi connectivity index (χ1n) is 11.6. The first-order chi connectivity index (χ1) is 17.3. The zero-order valence-electron chi connectivity index (χ0n) is 21.1. The average molecular weight is 527 g/mol. The molecule has 36 heavy (non-hydrogen) atoms. The Kier molecular flexibility index (Phi) is 9.18. The number of thiocarbonyl (C=S) groups is 1. The number of nitrogens with one attached hydrogen (secondary N) is 1. The van der Waals surface area contributed by atoms with Crippen molar-refractivity contribution in [3.63, 3.8) is 0 Å². The van der Waals surface area contributed by atoms with Gasteiger partial charge < -0.3 is 14.8 Å². The predicted octanol–water partition coefficient (Wildman–Crippen LogP) is 4.33. The Morgan fingerprint density at radius 2 is 1.94 bits per heavy atom. The van der Waals surface area contributed by atoms with Crippen LogP contribution in [0.25, 0.3) is 6.08 Å². The smallest absolute Gasteiger partial charge is 0.270 e. The van der Waals surface area contributed by atoms with Crippen LogP contribution in [0.4, 0.5) is 5.82 Å². The summed E-state index contributed by atoms with van der Waals surface area (Å²) in [5.74, 6) is 1.68. The van der Waals surface area contributed by atoms with Crippen LogP contribution in [0.15, 0.2) is 27.9 Å². The van der Waals surface area contributed by atoms with Crippen molar-refractivity contribution in [1.82, 2.24) is 9.47 Å². The van der Waals surface area contributed by atoms with E-state index in [1.54, 1.807) is 38.8 Å². The zero-order valence-corrected chi connectivity index (χ0v) is 22.8. The molecule has 1 aliphatic heterocycles. The molecule has 0 radical (unpaired) electrons. The van der Waals surface area contributed by atoms with Crippen LogP contribution in [-0.2, 0) is 17.8 Å². The molecule has 10 heteroatoms. The summed E-state index contributed by atoms with van der Waals surface area (Å²) in [4.78, 5) is 27.8.